The number of fused-ring (bicyclic) bond motifs is 1. The molecule has 4 heteroatoms. The molecule has 3 aromatic rings. The molecule has 0 atom stereocenters. The van der Waals surface area contributed by atoms with E-state index in [1.165, 1.54) is 27.5 Å². The van der Waals surface area contributed by atoms with Gasteiger partial charge in [-0.05, 0) is 5.56 Å². The number of rotatable bonds is 1. The van der Waals surface area contributed by atoms with Crippen molar-refractivity contribution in [3.05, 3.63) is 66.2 Å². The SMILES string of the molecule is Cc1cc2c(-c3ccccc3)cccc2[cH-]1.[Cl-].[Cl-].[Cl-].[Ti+4]. The zero-order chi connectivity index (χ0) is 11.0. The molecule has 0 amide bonds. The van der Waals surface area contributed by atoms with Crippen LogP contribution in [0.15, 0.2) is 60.7 Å². The Morgan fingerprint density at radius 2 is 1.45 bits per heavy atom. The van der Waals surface area contributed by atoms with E-state index >= 15 is 0 Å². The van der Waals surface area contributed by atoms with Crippen molar-refractivity contribution in [1.29, 1.82) is 0 Å². The first kappa shape index (κ1) is 21.9. The number of halogens is 3. The summed E-state index contributed by atoms with van der Waals surface area (Å²) in [6.07, 6.45) is 0. The van der Waals surface area contributed by atoms with E-state index in [2.05, 4.69) is 67.6 Å². The van der Waals surface area contributed by atoms with Gasteiger partial charge in [0.2, 0.25) is 0 Å². The molecule has 0 aliphatic heterocycles. The van der Waals surface area contributed by atoms with Crippen molar-refractivity contribution in [2.75, 3.05) is 0 Å². The number of aryl methyl sites for hydroxylation is 1. The van der Waals surface area contributed by atoms with Crippen molar-refractivity contribution < 1.29 is 58.9 Å². The molecule has 0 spiro atoms. The van der Waals surface area contributed by atoms with Crippen LogP contribution in [-0.4, -0.2) is 0 Å². The molecule has 0 radical (unpaired) electrons. The summed E-state index contributed by atoms with van der Waals surface area (Å²) in [7, 11) is 0. The molecule has 0 aliphatic carbocycles. The molecule has 20 heavy (non-hydrogen) atoms. The zero-order valence-electron chi connectivity index (χ0n) is 10.9. The molecule has 0 saturated carbocycles. The van der Waals surface area contributed by atoms with Gasteiger partial charge in [0.15, 0.2) is 0 Å². The van der Waals surface area contributed by atoms with E-state index in [1.807, 2.05) is 0 Å². The number of benzene rings is 2. The van der Waals surface area contributed by atoms with Gasteiger partial charge in [-0.15, -0.1) is 34.5 Å². The van der Waals surface area contributed by atoms with Crippen LogP contribution in [0.5, 0.6) is 0 Å². The van der Waals surface area contributed by atoms with Crippen LogP contribution in [0.3, 0.4) is 0 Å². The standard InChI is InChI=1S/C16H13.3ClH.Ti/c1-12-10-14-8-5-9-15(16(14)11-12)13-6-3-2-4-7-13;;;;/h2-11H,1H3;3*1H;/q-1;;;;+4/p-3. The predicted octanol–water partition coefficient (Wildman–Crippen LogP) is -4.46. The van der Waals surface area contributed by atoms with Crippen LogP contribution in [-0.2, 0) is 21.7 Å². The fourth-order valence-electron chi connectivity index (χ4n) is 2.25. The maximum atomic E-state index is 2.26. The molecule has 102 valence electrons. The van der Waals surface area contributed by atoms with E-state index < -0.39 is 0 Å². The Kier molecular flexibility index (Phi) is 10.5. The maximum absolute atomic E-state index is 2.26. The van der Waals surface area contributed by atoms with Crippen LogP contribution >= 0.6 is 0 Å². The normalized spacial score (nSPS) is 8.65. The van der Waals surface area contributed by atoms with Crippen LogP contribution in [0.2, 0.25) is 0 Å². The summed E-state index contributed by atoms with van der Waals surface area (Å²) in [4.78, 5) is 0. The average Bonchev–Trinajstić information content (AvgIpc) is 2.70. The second-order valence-electron chi connectivity index (χ2n) is 4.21. The summed E-state index contributed by atoms with van der Waals surface area (Å²) in [5.74, 6) is 0. The first-order valence-electron chi connectivity index (χ1n) is 5.56. The average molecular weight is 360 g/mol. The summed E-state index contributed by atoms with van der Waals surface area (Å²) in [5.41, 5.74) is 3.95. The van der Waals surface area contributed by atoms with Gasteiger partial charge in [0.1, 0.15) is 0 Å². The zero-order valence-corrected chi connectivity index (χ0v) is 14.7. The Morgan fingerprint density at radius 1 is 0.800 bits per heavy atom. The van der Waals surface area contributed by atoms with Gasteiger partial charge in [0, 0.05) is 0 Å². The smallest absolute Gasteiger partial charge is 1.00 e. The molecule has 0 fully saturated rings. The number of hydrogen-bond donors (Lipinski definition) is 0. The summed E-state index contributed by atoms with van der Waals surface area (Å²) in [5, 5.41) is 2.69. The molecule has 0 heterocycles. The van der Waals surface area contributed by atoms with Gasteiger partial charge in [0.05, 0.1) is 0 Å². The van der Waals surface area contributed by atoms with Gasteiger partial charge in [-0.3, -0.25) is 0 Å². The molecule has 0 nitrogen and oxygen atoms in total. The Bertz CT molecular complexity index is 633. The third-order valence-electron chi connectivity index (χ3n) is 2.98. The second kappa shape index (κ2) is 9.55. The maximum Gasteiger partial charge on any atom is 4.00 e. The largest absolute Gasteiger partial charge is 4.00 e. The molecular weight excluding hydrogens is 346 g/mol. The molecule has 0 unspecified atom stereocenters. The minimum Gasteiger partial charge on any atom is -1.00 e. The van der Waals surface area contributed by atoms with E-state index in [4.69, 9.17) is 0 Å². The Morgan fingerprint density at radius 3 is 2.10 bits per heavy atom. The summed E-state index contributed by atoms with van der Waals surface area (Å²) < 4.78 is 0. The molecule has 3 aromatic carbocycles. The first-order valence-corrected chi connectivity index (χ1v) is 5.56. The molecule has 0 aliphatic rings. The van der Waals surface area contributed by atoms with E-state index in [9.17, 15) is 0 Å². The van der Waals surface area contributed by atoms with E-state index in [-0.39, 0.29) is 58.9 Å². The van der Waals surface area contributed by atoms with Crippen molar-refractivity contribution in [3.63, 3.8) is 0 Å². The quantitative estimate of drug-likeness (QED) is 0.304. The van der Waals surface area contributed by atoms with Crippen LogP contribution in [0.25, 0.3) is 21.9 Å². The minimum atomic E-state index is 0. The minimum absolute atomic E-state index is 0. The Hall–Kier alpha value is -0.366. The van der Waals surface area contributed by atoms with Gasteiger partial charge in [0.25, 0.3) is 0 Å². The predicted molar refractivity (Wildman–Crippen MR) is 69.7 cm³/mol. The van der Waals surface area contributed by atoms with Crippen LogP contribution < -0.4 is 37.2 Å². The molecule has 0 saturated heterocycles. The first-order chi connectivity index (χ1) is 7.84. The molecule has 3 rings (SSSR count). The van der Waals surface area contributed by atoms with Crippen LogP contribution in [0.1, 0.15) is 5.56 Å². The monoisotopic (exact) mass is 358 g/mol. The van der Waals surface area contributed by atoms with Crippen LogP contribution in [0, 0.1) is 6.92 Å². The molecular formula is C16H13Cl3Ti. The van der Waals surface area contributed by atoms with E-state index in [0.717, 1.165) is 0 Å². The second-order valence-corrected chi connectivity index (χ2v) is 4.21. The fraction of sp³-hybridized carbons (Fsp3) is 0.0625. The van der Waals surface area contributed by atoms with Gasteiger partial charge >= 0.3 is 21.7 Å². The topological polar surface area (TPSA) is 0 Å². The van der Waals surface area contributed by atoms with Crippen molar-refractivity contribution in [1.82, 2.24) is 0 Å². The van der Waals surface area contributed by atoms with Crippen LogP contribution in [0.4, 0.5) is 0 Å². The van der Waals surface area contributed by atoms with Crippen molar-refractivity contribution in [3.8, 4) is 11.1 Å². The molecule has 0 aromatic heterocycles. The third kappa shape index (κ3) is 4.31. The summed E-state index contributed by atoms with van der Waals surface area (Å²) in [6.45, 7) is 2.15. The fourth-order valence-corrected chi connectivity index (χ4v) is 2.25. The van der Waals surface area contributed by atoms with Crippen molar-refractivity contribution in [2.45, 2.75) is 6.92 Å². The summed E-state index contributed by atoms with van der Waals surface area (Å²) >= 11 is 0. The van der Waals surface area contributed by atoms with Gasteiger partial charge in [-0.2, -0.15) is 6.07 Å². The molecule has 0 N–H and O–H groups in total. The Balaban J connectivity index is 0. The van der Waals surface area contributed by atoms with Crippen molar-refractivity contribution in [2.24, 2.45) is 0 Å². The van der Waals surface area contributed by atoms with Gasteiger partial charge in [-0.1, -0.05) is 48.9 Å². The third-order valence-corrected chi connectivity index (χ3v) is 2.98. The molecule has 0 bridgehead atoms. The van der Waals surface area contributed by atoms with E-state index in [1.54, 1.807) is 0 Å². The Labute approximate surface area is 153 Å². The summed E-state index contributed by atoms with van der Waals surface area (Å²) in [6, 6.07) is 21.6. The van der Waals surface area contributed by atoms with Gasteiger partial charge < -0.3 is 37.2 Å². The van der Waals surface area contributed by atoms with Crippen molar-refractivity contribution >= 4 is 10.8 Å². The van der Waals surface area contributed by atoms with Gasteiger partial charge in [-0.25, -0.2) is 0 Å². The van der Waals surface area contributed by atoms with E-state index in [0.29, 0.717) is 0 Å². The number of hydrogen-bond acceptors (Lipinski definition) is 0.